The highest BCUT2D eigenvalue weighted by Crippen LogP contribution is 2.29. The second kappa shape index (κ2) is 12.5. The molecule has 1 unspecified atom stereocenters. The summed E-state index contributed by atoms with van der Waals surface area (Å²) in [6.45, 7) is 6.20. The lowest BCUT2D eigenvalue weighted by Crippen LogP contribution is -2.39. The van der Waals surface area contributed by atoms with Crippen LogP contribution in [-0.4, -0.2) is 60.2 Å². The fourth-order valence-corrected chi connectivity index (χ4v) is 3.20. The van der Waals surface area contributed by atoms with Crippen molar-refractivity contribution in [3.8, 4) is 11.5 Å². The van der Waals surface area contributed by atoms with Gasteiger partial charge in [0.1, 0.15) is 11.5 Å². The zero-order chi connectivity index (χ0) is 20.2. The molecule has 2 rings (SSSR count). The van der Waals surface area contributed by atoms with Gasteiger partial charge in [-0.25, -0.2) is 0 Å². The van der Waals surface area contributed by atoms with Crippen LogP contribution in [0.4, 0.5) is 0 Å². The lowest BCUT2D eigenvalue weighted by atomic mass is 10.0. The van der Waals surface area contributed by atoms with Gasteiger partial charge in [0.15, 0.2) is 5.96 Å². The van der Waals surface area contributed by atoms with Crippen LogP contribution < -0.4 is 20.1 Å². The Morgan fingerprint density at radius 3 is 2.71 bits per heavy atom. The predicted molar refractivity (Wildman–Crippen MR) is 111 cm³/mol. The highest BCUT2D eigenvalue weighted by Gasteiger charge is 2.15. The van der Waals surface area contributed by atoms with Crippen molar-refractivity contribution in [2.45, 2.75) is 32.2 Å². The van der Waals surface area contributed by atoms with E-state index in [4.69, 9.17) is 18.9 Å². The van der Waals surface area contributed by atoms with Crippen LogP contribution in [0.5, 0.6) is 11.5 Å². The Bertz CT molecular complexity index is 603. The average molecular weight is 394 g/mol. The molecule has 0 saturated carbocycles. The van der Waals surface area contributed by atoms with Gasteiger partial charge in [-0.3, -0.25) is 4.99 Å². The summed E-state index contributed by atoms with van der Waals surface area (Å²) in [5.74, 6) is 3.02. The van der Waals surface area contributed by atoms with Gasteiger partial charge >= 0.3 is 0 Å². The van der Waals surface area contributed by atoms with Gasteiger partial charge in [-0.15, -0.1) is 0 Å². The van der Waals surface area contributed by atoms with E-state index in [9.17, 15) is 0 Å². The first-order chi connectivity index (χ1) is 13.7. The zero-order valence-corrected chi connectivity index (χ0v) is 17.6. The molecule has 0 aliphatic carbocycles. The molecule has 1 heterocycles. The van der Waals surface area contributed by atoms with Crippen LogP contribution in [0.25, 0.3) is 0 Å². The summed E-state index contributed by atoms with van der Waals surface area (Å²) in [7, 11) is 5.10. The normalized spacial score (nSPS) is 16.5. The first-order valence-electron chi connectivity index (χ1n) is 10.0. The van der Waals surface area contributed by atoms with Gasteiger partial charge in [-0.1, -0.05) is 0 Å². The number of aliphatic imine (C=N–C) groups is 1. The minimum Gasteiger partial charge on any atom is -0.497 e. The van der Waals surface area contributed by atoms with Crippen LogP contribution in [-0.2, 0) is 9.47 Å². The van der Waals surface area contributed by atoms with Crippen LogP contribution in [0.1, 0.15) is 37.8 Å². The van der Waals surface area contributed by atoms with Gasteiger partial charge in [-0.2, -0.15) is 0 Å². The fraction of sp³-hybridized carbons (Fsp3) is 0.667. The Balaban J connectivity index is 1.71. The minimum absolute atomic E-state index is 0.0148. The minimum atomic E-state index is 0.0148. The molecule has 0 amide bonds. The summed E-state index contributed by atoms with van der Waals surface area (Å²) < 4.78 is 22.0. The smallest absolute Gasteiger partial charge is 0.191 e. The number of nitrogens with zero attached hydrogens (tertiary/aromatic N) is 1. The van der Waals surface area contributed by atoms with E-state index in [-0.39, 0.29) is 6.04 Å². The number of rotatable bonds is 10. The van der Waals surface area contributed by atoms with E-state index < -0.39 is 0 Å². The maximum absolute atomic E-state index is 5.81. The second-order valence-corrected chi connectivity index (χ2v) is 6.96. The van der Waals surface area contributed by atoms with E-state index in [1.54, 1.807) is 21.3 Å². The van der Waals surface area contributed by atoms with Crippen LogP contribution in [0.3, 0.4) is 0 Å². The molecule has 7 heteroatoms. The van der Waals surface area contributed by atoms with Crippen LogP contribution >= 0.6 is 0 Å². The third-order valence-corrected chi connectivity index (χ3v) is 4.93. The molecule has 1 aromatic rings. The van der Waals surface area contributed by atoms with E-state index in [2.05, 4.69) is 22.5 Å². The predicted octanol–water partition coefficient (Wildman–Crippen LogP) is 2.76. The molecule has 2 N–H and O–H groups in total. The number of ether oxygens (including phenoxy) is 4. The summed E-state index contributed by atoms with van der Waals surface area (Å²) in [6.07, 6.45) is 3.15. The summed E-state index contributed by atoms with van der Waals surface area (Å²) >= 11 is 0. The Hall–Kier alpha value is -1.99. The van der Waals surface area contributed by atoms with E-state index >= 15 is 0 Å². The zero-order valence-electron chi connectivity index (χ0n) is 17.6. The van der Waals surface area contributed by atoms with E-state index in [0.717, 1.165) is 75.3 Å². The number of guanidine groups is 1. The standard InChI is InChI=1S/C21H35N3O4/c1-16(19-14-18(25-3)6-7-20(19)26-4)24-21(22-2)23-10-5-11-28-15-17-8-12-27-13-9-17/h6-7,14,16-17H,5,8-13,15H2,1-4H3,(H2,22,23,24). The molecule has 28 heavy (non-hydrogen) atoms. The molecule has 1 fully saturated rings. The second-order valence-electron chi connectivity index (χ2n) is 6.96. The highest BCUT2D eigenvalue weighted by atomic mass is 16.5. The van der Waals surface area contributed by atoms with Crippen molar-refractivity contribution in [3.05, 3.63) is 23.8 Å². The van der Waals surface area contributed by atoms with Crippen molar-refractivity contribution in [1.82, 2.24) is 10.6 Å². The lowest BCUT2D eigenvalue weighted by Gasteiger charge is -2.22. The first kappa shape index (κ1) is 22.3. The Kier molecular flexibility index (Phi) is 9.93. The van der Waals surface area contributed by atoms with Gasteiger partial charge in [0.2, 0.25) is 0 Å². The van der Waals surface area contributed by atoms with Gasteiger partial charge in [0.05, 0.1) is 20.3 Å². The van der Waals surface area contributed by atoms with Gasteiger partial charge in [0.25, 0.3) is 0 Å². The maximum Gasteiger partial charge on any atom is 0.191 e. The molecular formula is C21H35N3O4. The SMILES string of the molecule is CN=C(NCCCOCC1CCOCC1)NC(C)c1cc(OC)ccc1OC. The molecule has 158 valence electrons. The van der Waals surface area contributed by atoms with Crippen molar-refractivity contribution in [1.29, 1.82) is 0 Å². The molecule has 0 radical (unpaired) electrons. The maximum atomic E-state index is 5.81. The Morgan fingerprint density at radius 1 is 1.25 bits per heavy atom. The first-order valence-corrected chi connectivity index (χ1v) is 10.0. The highest BCUT2D eigenvalue weighted by molar-refractivity contribution is 5.80. The van der Waals surface area contributed by atoms with Crippen molar-refractivity contribution < 1.29 is 18.9 Å². The number of hydrogen-bond donors (Lipinski definition) is 2. The largest absolute Gasteiger partial charge is 0.497 e. The molecule has 1 aliphatic heterocycles. The average Bonchev–Trinajstić information content (AvgIpc) is 2.75. The number of nitrogens with one attached hydrogen (secondary N) is 2. The fourth-order valence-electron chi connectivity index (χ4n) is 3.20. The summed E-state index contributed by atoms with van der Waals surface area (Å²) in [5.41, 5.74) is 1.02. The van der Waals surface area contributed by atoms with Gasteiger partial charge in [-0.05, 0) is 50.3 Å². The molecule has 0 spiro atoms. The van der Waals surface area contributed by atoms with Crippen LogP contribution in [0.2, 0.25) is 0 Å². The molecule has 0 bridgehead atoms. The third-order valence-electron chi connectivity index (χ3n) is 4.93. The Morgan fingerprint density at radius 2 is 2.04 bits per heavy atom. The molecule has 1 aromatic carbocycles. The summed E-state index contributed by atoms with van der Waals surface area (Å²) in [5, 5.41) is 6.74. The number of hydrogen-bond acceptors (Lipinski definition) is 5. The topological polar surface area (TPSA) is 73.3 Å². The summed E-state index contributed by atoms with van der Waals surface area (Å²) in [6, 6.07) is 5.80. The third kappa shape index (κ3) is 7.20. The van der Waals surface area contributed by atoms with Crippen LogP contribution in [0, 0.1) is 5.92 Å². The lowest BCUT2D eigenvalue weighted by molar-refractivity contribution is 0.0203. The van der Waals surface area contributed by atoms with Crippen molar-refractivity contribution in [2.24, 2.45) is 10.9 Å². The Labute approximate surface area is 168 Å². The monoisotopic (exact) mass is 393 g/mol. The number of benzene rings is 1. The molecule has 1 atom stereocenters. The summed E-state index contributed by atoms with van der Waals surface area (Å²) in [4.78, 5) is 4.31. The molecule has 0 aromatic heterocycles. The molecular weight excluding hydrogens is 358 g/mol. The van der Waals surface area contributed by atoms with E-state index in [1.807, 2.05) is 18.2 Å². The molecule has 7 nitrogen and oxygen atoms in total. The van der Waals surface area contributed by atoms with Crippen molar-refractivity contribution >= 4 is 5.96 Å². The van der Waals surface area contributed by atoms with E-state index in [0.29, 0.717) is 5.92 Å². The van der Waals surface area contributed by atoms with Crippen molar-refractivity contribution in [2.75, 3.05) is 54.2 Å². The quantitative estimate of drug-likeness (QED) is 0.362. The van der Waals surface area contributed by atoms with E-state index in [1.165, 1.54) is 0 Å². The van der Waals surface area contributed by atoms with Crippen LogP contribution in [0.15, 0.2) is 23.2 Å². The number of methoxy groups -OCH3 is 2. The van der Waals surface area contributed by atoms with Crippen molar-refractivity contribution in [3.63, 3.8) is 0 Å². The van der Waals surface area contributed by atoms with Gasteiger partial charge in [0, 0.05) is 45.6 Å². The molecule has 1 saturated heterocycles. The van der Waals surface area contributed by atoms with Gasteiger partial charge < -0.3 is 29.6 Å². The molecule has 1 aliphatic rings.